The molecular formula is C9H6BrNO4. The highest BCUT2D eigenvalue weighted by atomic mass is 79.9. The van der Waals surface area contributed by atoms with Crippen LogP contribution in [0.15, 0.2) is 16.6 Å². The molecule has 0 atom stereocenters. The van der Waals surface area contributed by atoms with Crippen molar-refractivity contribution >= 4 is 33.7 Å². The minimum atomic E-state index is -0.694. The summed E-state index contributed by atoms with van der Waals surface area (Å²) in [5.41, 5.74) is -0.242. The molecule has 0 aliphatic rings. The normalized spacial score (nSPS) is 9.73. The minimum absolute atomic E-state index is 0.0648. The van der Waals surface area contributed by atoms with Crippen molar-refractivity contribution in [2.24, 2.45) is 0 Å². The average molecular weight is 272 g/mol. The number of halogens is 1. The molecule has 0 fully saturated rings. The zero-order valence-electron chi connectivity index (χ0n) is 7.69. The van der Waals surface area contributed by atoms with Crippen molar-refractivity contribution < 1.29 is 14.5 Å². The molecule has 0 aliphatic heterocycles. The highest BCUT2D eigenvalue weighted by Gasteiger charge is 2.19. The van der Waals surface area contributed by atoms with Crippen LogP contribution in [0.5, 0.6) is 0 Å². The summed E-state index contributed by atoms with van der Waals surface area (Å²) in [5, 5.41) is 10.6. The van der Waals surface area contributed by atoms with Crippen molar-refractivity contribution in [3.05, 3.63) is 37.8 Å². The van der Waals surface area contributed by atoms with Crippen LogP contribution in [0.3, 0.4) is 0 Å². The van der Waals surface area contributed by atoms with Crippen LogP contribution in [0.2, 0.25) is 0 Å². The number of hydrogen-bond donors (Lipinski definition) is 0. The number of nitro groups is 1. The van der Waals surface area contributed by atoms with Crippen LogP contribution in [0, 0.1) is 10.1 Å². The molecule has 1 rings (SSSR count). The van der Waals surface area contributed by atoms with Gasteiger partial charge in [0.25, 0.3) is 5.69 Å². The standard InChI is InChI=1S/C9H6BrNO4/c1-5(13)6-2-8(10)7(4-12)9(3-6)11(14)15/h2-4H,1H3. The Bertz CT molecular complexity index is 456. The molecule has 0 saturated heterocycles. The van der Waals surface area contributed by atoms with Gasteiger partial charge < -0.3 is 0 Å². The molecule has 5 nitrogen and oxygen atoms in total. The van der Waals surface area contributed by atoms with Crippen LogP contribution in [0.25, 0.3) is 0 Å². The van der Waals surface area contributed by atoms with Gasteiger partial charge in [-0.2, -0.15) is 0 Å². The van der Waals surface area contributed by atoms with E-state index in [1.54, 1.807) is 0 Å². The third-order valence-electron chi connectivity index (χ3n) is 1.83. The van der Waals surface area contributed by atoms with Crippen molar-refractivity contribution in [3.63, 3.8) is 0 Å². The molecular weight excluding hydrogens is 266 g/mol. The van der Waals surface area contributed by atoms with Crippen molar-refractivity contribution in [2.75, 3.05) is 0 Å². The van der Waals surface area contributed by atoms with Crippen LogP contribution >= 0.6 is 15.9 Å². The number of benzene rings is 1. The summed E-state index contributed by atoms with van der Waals surface area (Å²) in [4.78, 5) is 31.6. The fourth-order valence-corrected chi connectivity index (χ4v) is 1.62. The second-order valence-electron chi connectivity index (χ2n) is 2.82. The van der Waals surface area contributed by atoms with Gasteiger partial charge in [0.1, 0.15) is 5.56 Å². The van der Waals surface area contributed by atoms with Gasteiger partial charge in [0, 0.05) is 16.1 Å². The molecule has 0 radical (unpaired) electrons. The summed E-state index contributed by atoms with van der Waals surface area (Å²) in [6.45, 7) is 1.30. The zero-order chi connectivity index (χ0) is 11.6. The van der Waals surface area contributed by atoms with E-state index in [0.29, 0.717) is 6.29 Å². The molecule has 0 saturated carbocycles. The topological polar surface area (TPSA) is 77.3 Å². The van der Waals surface area contributed by atoms with Crippen LogP contribution in [-0.4, -0.2) is 17.0 Å². The van der Waals surface area contributed by atoms with Gasteiger partial charge >= 0.3 is 0 Å². The summed E-state index contributed by atoms with van der Waals surface area (Å²) in [6, 6.07) is 2.48. The minimum Gasteiger partial charge on any atom is -0.298 e. The maximum atomic E-state index is 11.0. The third kappa shape index (κ3) is 2.27. The highest BCUT2D eigenvalue weighted by molar-refractivity contribution is 9.10. The second-order valence-corrected chi connectivity index (χ2v) is 3.68. The number of Topliss-reactive ketones (excluding diaryl/α,β-unsaturated/α-hetero) is 1. The van der Waals surface area contributed by atoms with Crippen molar-refractivity contribution in [1.82, 2.24) is 0 Å². The lowest BCUT2D eigenvalue weighted by molar-refractivity contribution is -0.385. The Hall–Kier alpha value is -1.56. The Morgan fingerprint density at radius 3 is 2.53 bits per heavy atom. The highest BCUT2D eigenvalue weighted by Crippen LogP contribution is 2.27. The van der Waals surface area contributed by atoms with Crippen LogP contribution in [0.4, 0.5) is 5.69 Å². The lowest BCUT2D eigenvalue weighted by atomic mass is 10.1. The summed E-state index contributed by atoms with van der Waals surface area (Å²) in [5.74, 6) is -0.295. The number of aldehydes is 1. The maximum absolute atomic E-state index is 11.0. The first-order chi connectivity index (χ1) is 6.97. The van der Waals surface area contributed by atoms with Crippen molar-refractivity contribution in [2.45, 2.75) is 6.92 Å². The number of rotatable bonds is 3. The summed E-state index contributed by atoms with van der Waals surface area (Å²) < 4.78 is 0.247. The number of hydrogen-bond acceptors (Lipinski definition) is 4. The fraction of sp³-hybridized carbons (Fsp3) is 0.111. The molecule has 0 spiro atoms. The van der Waals surface area contributed by atoms with Crippen molar-refractivity contribution in [1.29, 1.82) is 0 Å². The van der Waals surface area contributed by atoms with E-state index < -0.39 is 4.92 Å². The van der Waals surface area contributed by atoms with Gasteiger partial charge in [-0.15, -0.1) is 0 Å². The van der Waals surface area contributed by atoms with Gasteiger partial charge in [-0.1, -0.05) is 0 Å². The smallest absolute Gasteiger partial charge is 0.281 e. The SMILES string of the molecule is CC(=O)c1cc(Br)c(C=O)c([N+](=O)[O-])c1. The Morgan fingerprint density at radius 1 is 1.53 bits per heavy atom. The van der Waals surface area contributed by atoms with Gasteiger partial charge in [-0.05, 0) is 28.9 Å². The predicted molar refractivity (Wildman–Crippen MR) is 56.2 cm³/mol. The van der Waals surface area contributed by atoms with E-state index in [1.807, 2.05) is 0 Å². The van der Waals surface area contributed by atoms with Gasteiger partial charge in [0.05, 0.1) is 4.92 Å². The first-order valence-electron chi connectivity index (χ1n) is 3.91. The van der Waals surface area contributed by atoms with Crippen LogP contribution < -0.4 is 0 Å². The Labute approximate surface area is 93.4 Å². The van der Waals surface area contributed by atoms with E-state index in [0.717, 1.165) is 6.07 Å². The molecule has 0 aromatic heterocycles. The molecule has 1 aromatic rings. The quantitative estimate of drug-likeness (QED) is 0.366. The van der Waals surface area contributed by atoms with E-state index in [-0.39, 0.29) is 27.1 Å². The molecule has 6 heteroatoms. The summed E-state index contributed by atoms with van der Waals surface area (Å²) in [6.07, 6.45) is 0.381. The molecule has 0 unspecified atom stereocenters. The van der Waals surface area contributed by atoms with E-state index in [2.05, 4.69) is 15.9 Å². The Kier molecular flexibility index (Phi) is 3.31. The lowest BCUT2D eigenvalue weighted by Crippen LogP contribution is -2.00. The molecule has 0 aliphatic carbocycles. The molecule has 0 bridgehead atoms. The number of carbonyl (C=O) groups is 2. The van der Waals surface area contributed by atoms with E-state index in [9.17, 15) is 19.7 Å². The molecule has 78 valence electrons. The molecule has 1 aromatic carbocycles. The average Bonchev–Trinajstić information content (AvgIpc) is 2.16. The van der Waals surface area contributed by atoms with Crippen LogP contribution in [-0.2, 0) is 0 Å². The zero-order valence-corrected chi connectivity index (χ0v) is 9.28. The van der Waals surface area contributed by atoms with E-state index in [4.69, 9.17) is 0 Å². The maximum Gasteiger partial charge on any atom is 0.281 e. The van der Waals surface area contributed by atoms with Gasteiger partial charge in [0.2, 0.25) is 0 Å². The van der Waals surface area contributed by atoms with Gasteiger partial charge in [0.15, 0.2) is 12.1 Å². The molecule has 0 N–H and O–H groups in total. The number of carbonyl (C=O) groups excluding carboxylic acids is 2. The fourth-order valence-electron chi connectivity index (χ4n) is 1.07. The number of nitrogens with zero attached hydrogens (tertiary/aromatic N) is 1. The Morgan fingerprint density at radius 2 is 2.13 bits per heavy atom. The predicted octanol–water partition coefficient (Wildman–Crippen LogP) is 2.37. The number of ketones is 1. The lowest BCUT2D eigenvalue weighted by Gasteiger charge is -2.01. The first-order valence-corrected chi connectivity index (χ1v) is 4.70. The van der Waals surface area contributed by atoms with E-state index >= 15 is 0 Å². The summed E-state index contributed by atoms with van der Waals surface area (Å²) >= 11 is 3.01. The molecule has 0 heterocycles. The van der Waals surface area contributed by atoms with Crippen LogP contribution in [0.1, 0.15) is 27.6 Å². The number of nitro benzene ring substituents is 1. The Balaban J connectivity index is 3.52. The third-order valence-corrected chi connectivity index (χ3v) is 2.48. The first kappa shape index (κ1) is 11.5. The largest absolute Gasteiger partial charge is 0.298 e. The monoisotopic (exact) mass is 271 g/mol. The molecule has 15 heavy (non-hydrogen) atoms. The van der Waals surface area contributed by atoms with Gasteiger partial charge in [-0.25, -0.2) is 0 Å². The van der Waals surface area contributed by atoms with Crippen molar-refractivity contribution in [3.8, 4) is 0 Å². The van der Waals surface area contributed by atoms with E-state index in [1.165, 1.54) is 13.0 Å². The second kappa shape index (κ2) is 4.31. The summed E-state index contributed by atoms with van der Waals surface area (Å²) in [7, 11) is 0. The van der Waals surface area contributed by atoms with Gasteiger partial charge in [-0.3, -0.25) is 19.7 Å². The molecule has 0 amide bonds.